The maximum absolute atomic E-state index is 12.9. The van der Waals surface area contributed by atoms with E-state index >= 15 is 0 Å². The van der Waals surface area contributed by atoms with Crippen LogP contribution in [0.15, 0.2) is 41.0 Å². The zero-order chi connectivity index (χ0) is 17.7. The lowest BCUT2D eigenvalue weighted by Gasteiger charge is -2.16. The number of halogens is 1. The van der Waals surface area contributed by atoms with Crippen molar-refractivity contribution >= 4 is 11.9 Å². The molecule has 2 rings (SSSR count). The molecule has 2 N–H and O–H groups in total. The summed E-state index contributed by atoms with van der Waals surface area (Å²) in [5, 5.41) is 11.7. The van der Waals surface area contributed by atoms with Crippen LogP contribution in [0.25, 0.3) is 0 Å². The molecule has 1 amide bonds. The van der Waals surface area contributed by atoms with Crippen LogP contribution in [-0.2, 0) is 4.79 Å². The van der Waals surface area contributed by atoms with Crippen LogP contribution in [0.4, 0.5) is 4.39 Å². The van der Waals surface area contributed by atoms with E-state index in [4.69, 9.17) is 9.15 Å². The number of rotatable bonds is 7. The predicted octanol–water partition coefficient (Wildman–Crippen LogP) is 2.80. The minimum atomic E-state index is -1.31. The number of ether oxygens (including phenoxy) is 1. The fourth-order valence-corrected chi connectivity index (χ4v) is 2.08. The minimum Gasteiger partial charge on any atom is -0.478 e. The number of benzene rings is 1. The lowest BCUT2D eigenvalue weighted by molar-refractivity contribution is -0.144. The number of nitrogens with one attached hydrogen (secondary N) is 1. The number of hydrogen-bond acceptors (Lipinski definition) is 4. The molecule has 0 fully saturated rings. The van der Waals surface area contributed by atoms with Gasteiger partial charge >= 0.3 is 5.97 Å². The van der Waals surface area contributed by atoms with E-state index in [-0.39, 0.29) is 24.0 Å². The number of hydrogen-bond donors (Lipinski definition) is 2. The van der Waals surface area contributed by atoms with Crippen molar-refractivity contribution in [3.8, 4) is 5.75 Å². The van der Waals surface area contributed by atoms with Gasteiger partial charge in [-0.05, 0) is 36.2 Å². The summed E-state index contributed by atoms with van der Waals surface area (Å²) in [5.41, 5.74) is 0.735. The molecule has 1 atom stereocenters. The summed E-state index contributed by atoms with van der Waals surface area (Å²) in [6.07, 6.45) is 0.102. The largest absolute Gasteiger partial charge is 0.478 e. The second kappa shape index (κ2) is 7.63. The van der Waals surface area contributed by atoms with E-state index in [1.807, 2.05) is 13.8 Å². The summed E-state index contributed by atoms with van der Waals surface area (Å²) in [7, 11) is 0. The smallest absolute Gasteiger partial charge is 0.346 e. The Morgan fingerprint density at radius 3 is 2.50 bits per heavy atom. The summed E-state index contributed by atoms with van der Waals surface area (Å²) < 4.78 is 23.3. The monoisotopic (exact) mass is 335 g/mol. The van der Waals surface area contributed by atoms with Crippen LogP contribution in [-0.4, -0.2) is 29.6 Å². The Kier molecular flexibility index (Phi) is 5.57. The molecular weight excluding hydrogens is 317 g/mol. The average molecular weight is 335 g/mol. The molecule has 0 aliphatic heterocycles. The second-order valence-electron chi connectivity index (χ2n) is 5.47. The fraction of sp³-hybridized carbons (Fsp3) is 0.294. The van der Waals surface area contributed by atoms with E-state index < -0.39 is 23.8 Å². The van der Waals surface area contributed by atoms with Crippen molar-refractivity contribution in [2.24, 2.45) is 0 Å². The van der Waals surface area contributed by atoms with Crippen molar-refractivity contribution in [2.45, 2.75) is 25.9 Å². The van der Waals surface area contributed by atoms with Gasteiger partial charge in [0.1, 0.15) is 11.6 Å². The lowest BCUT2D eigenvalue weighted by Crippen LogP contribution is -2.40. The number of carboxylic acid groups (broad SMARTS) is 1. The van der Waals surface area contributed by atoms with Gasteiger partial charge in [-0.15, -0.1) is 0 Å². The summed E-state index contributed by atoms with van der Waals surface area (Å²) >= 11 is 0. The highest BCUT2D eigenvalue weighted by Crippen LogP contribution is 2.20. The first-order chi connectivity index (χ1) is 11.4. The van der Waals surface area contributed by atoms with Gasteiger partial charge in [0.2, 0.25) is 6.10 Å². The molecule has 1 aromatic carbocycles. The molecule has 0 saturated heterocycles. The third-order valence-corrected chi connectivity index (χ3v) is 3.34. The summed E-state index contributed by atoms with van der Waals surface area (Å²) in [6, 6.07) is 6.64. The van der Waals surface area contributed by atoms with Gasteiger partial charge < -0.3 is 19.6 Å². The van der Waals surface area contributed by atoms with Gasteiger partial charge in [0, 0.05) is 5.56 Å². The highest BCUT2D eigenvalue weighted by molar-refractivity contribution is 5.93. The second-order valence-corrected chi connectivity index (χ2v) is 5.47. The third kappa shape index (κ3) is 4.34. The lowest BCUT2D eigenvalue weighted by atomic mass is 10.0. The molecule has 7 heteroatoms. The van der Waals surface area contributed by atoms with Crippen LogP contribution in [0.1, 0.15) is 35.9 Å². The molecule has 0 spiro atoms. The number of aliphatic carboxylic acids is 1. The van der Waals surface area contributed by atoms with Gasteiger partial charge in [0.05, 0.1) is 12.8 Å². The number of carbonyl (C=O) groups is 2. The molecular formula is C17H18FNO5. The molecule has 2 aromatic rings. The van der Waals surface area contributed by atoms with Crippen molar-refractivity contribution in [2.75, 3.05) is 6.54 Å². The molecule has 1 aromatic heterocycles. The summed E-state index contributed by atoms with van der Waals surface area (Å²) in [4.78, 5) is 23.4. The molecule has 1 heterocycles. The first-order valence-corrected chi connectivity index (χ1v) is 7.39. The van der Waals surface area contributed by atoms with Crippen LogP contribution < -0.4 is 10.1 Å². The number of amides is 1. The molecule has 128 valence electrons. The van der Waals surface area contributed by atoms with Crippen LogP contribution in [0.5, 0.6) is 5.75 Å². The molecule has 0 bridgehead atoms. The van der Waals surface area contributed by atoms with E-state index in [0.29, 0.717) is 0 Å². The van der Waals surface area contributed by atoms with Crippen molar-refractivity contribution in [1.29, 1.82) is 0 Å². The Morgan fingerprint density at radius 1 is 1.25 bits per heavy atom. The Morgan fingerprint density at radius 2 is 1.92 bits per heavy atom. The van der Waals surface area contributed by atoms with Gasteiger partial charge in [-0.25, -0.2) is 9.18 Å². The van der Waals surface area contributed by atoms with Crippen molar-refractivity contribution in [3.05, 3.63) is 53.7 Å². The van der Waals surface area contributed by atoms with E-state index in [0.717, 1.165) is 17.7 Å². The van der Waals surface area contributed by atoms with Crippen LogP contribution in [0.3, 0.4) is 0 Å². The Labute approximate surface area is 138 Å². The summed E-state index contributed by atoms with van der Waals surface area (Å²) in [5.74, 6) is -1.78. The molecule has 0 aliphatic carbocycles. The summed E-state index contributed by atoms with van der Waals surface area (Å²) in [6.45, 7) is 3.57. The van der Waals surface area contributed by atoms with E-state index in [9.17, 15) is 19.1 Å². The first-order valence-electron chi connectivity index (χ1n) is 7.39. The highest BCUT2D eigenvalue weighted by atomic mass is 19.1. The van der Waals surface area contributed by atoms with Gasteiger partial charge in [-0.3, -0.25) is 4.79 Å². The van der Waals surface area contributed by atoms with Gasteiger partial charge in [-0.1, -0.05) is 13.8 Å². The quantitative estimate of drug-likeness (QED) is 0.812. The maximum Gasteiger partial charge on any atom is 0.346 e. The van der Waals surface area contributed by atoms with Crippen molar-refractivity contribution in [1.82, 2.24) is 5.32 Å². The number of carboxylic acids is 1. The van der Waals surface area contributed by atoms with Crippen LogP contribution in [0, 0.1) is 5.82 Å². The number of furan rings is 1. The zero-order valence-electron chi connectivity index (χ0n) is 13.3. The molecule has 24 heavy (non-hydrogen) atoms. The first kappa shape index (κ1) is 17.5. The Balaban J connectivity index is 2.00. The molecule has 0 aliphatic rings. The molecule has 0 saturated carbocycles. The molecule has 0 radical (unpaired) electrons. The molecule has 1 unspecified atom stereocenters. The van der Waals surface area contributed by atoms with E-state index in [1.54, 1.807) is 6.07 Å². The normalized spacial score (nSPS) is 12.0. The molecule has 6 nitrogen and oxygen atoms in total. The standard InChI is InChI=1S/C17H18FNO5/c1-10(2)13-7-8-23-15(13)16(20)19-9-14(17(21)22)24-12-5-3-11(18)4-6-12/h3-8,10,14H,9H2,1-2H3,(H,19,20)(H,21,22). The van der Waals surface area contributed by atoms with Gasteiger partial charge in [-0.2, -0.15) is 0 Å². The highest BCUT2D eigenvalue weighted by Gasteiger charge is 2.23. The fourth-order valence-electron chi connectivity index (χ4n) is 2.08. The Bertz CT molecular complexity index is 708. The van der Waals surface area contributed by atoms with Crippen molar-refractivity contribution < 1.29 is 28.2 Å². The third-order valence-electron chi connectivity index (χ3n) is 3.34. The Hall–Kier alpha value is -2.83. The number of carbonyl (C=O) groups excluding carboxylic acids is 1. The van der Waals surface area contributed by atoms with Crippen molar-refractivity contribution in [3.63, 3.8) is 0 Å². The average Bonchev–Trinajstić information content (AvgIpc) is 3.02. The topological polar surface area (TPSA) is 88.8 Å². The SMILES string of the molecule is CC(C)c1ccoc1C(=O)NCC(Oc1ccc(F)cc1)C(=O)O. The van der Waals surface area contributed by atoms with Gasteiger partial charge in [0.15, 0.2) is 5.76 Å². The van der Waals surface area contributed by atoms with E-state index in [2.05, 4.69) is 5.32 Å². The zero-order valence-corrected chi connectivity index (χ0v) is 13.3. The van der Waals surface area contributed by atoms with E-state index in [1.165, 1.54) is 18.4 Å². The minimum absolute atomic E-state index is 0.0928. The van der Waals surface area contributed by atoms with Gasteiger partial charge in [0.25, 0.3) is 5.91 Å². The van der Waals surface area contributed by atoms with Crippen LogP contribution >= 0.6 is 0 Å². The maximum atomic E-state index is 12.9. The predicted molar refractivity (Wildman–Crippen MR) is 83.6 cm³/mol. The van der Waals surface area contributed by atoms with Crippen LogP contribution in [0.2, 0.25) is 0 Å².